The van der Waals surface area contributed by atoms with Crippen LogP contribution in [-0.4, -0.2) is 19.2 Å². The van der Waals surface area contributed by atoms with Gasteiger partial charge in [0.25, 0.3) is 0 Å². The Kier molecular flexibility index (Phi) is 7.51. The van der Waals surface area contributed by atoms with Crippen LogP contribution in [0.5, 0.6) is 0 Å². The second-order valence-corrected chi connectivity index (χ2v) is 12.3. The monoisotopic (exact) mass is 546 g/mol. The molecular weight excluding hydrogens is 507 g/mol. The van der Waals surface area contributed by atoms with Crippen LogP contribution in [0.15, 0.2) is 11.6 Å². The Morgan fingerprint density at radius 3 is 2.77 bits per heavy atom. The number of halogens is 1. The molecule has 3 fully saturated rings. The molecule has 0 bridgehead atoms. The zero-order valence-corrected chi connectivity index (χ0v) is 21.9. The maximum Gasteiger partial charge on any atom is 0.305 e. The lowest BCUT2D eigenvalue weighted by Gasteiger charge is -2.58. The molecule has 30 heavy (non-hydrogen) atoms. The van der Waals surface area contributed by atoms with Gasteiger partial charge in [0.1, 0.15) is 0 Å². The minimum absolute atomic E-state index is 0.0544. The summed E-state index contributed by atoms with van der Waals surface area (Å²) in [6, 6.07) is 0. The zero-order chi connectivity index (χ0) is 21.4. The lowest BCUT2D eigenvalue weighted by molar-refractivity contribution is -0.140. The predicted molar refractivity (Wildman–Crippen MR) is 132 cm³/mol. The maximum atomic E-state index is 11.4. The normalized spacial score (nSPS) is 42.7. The van der Waals surface area contributed by atoms with E-state index in [4.69, 9.17) is 8.92 Å². The number of esters is 1. The summed E-state index contributed by atoms with van der Waals surface area (Å²) in [4.78, 5) is 11.4. The van der Waals surface area contributed by atoms with Crippen molar-refractivity contribution in [3.05, 3.63) is 11.6 Å². The Morgan fingerprint density at radius 2 is 2.00 bits per heavy atom. The summed E-state index contributed by atoms with van der Waals surface area (Å²) in [5, 5.41) is 0. The van der Waals surface area contributed by atoms with Gasteiger partial charge in [-0.05, 0) is 98.7 Å². The first kappa shape index (κ1) is 23.4. The van der Waals surface area contributed by atoms with E-state index in [1.165, 1.54) is 74.1 Å². The van der Waals surface area contributed by atoms with E-state index >= 15 is 0 Å². The van der Waals surface area contributed by atoms with Gasteiger partial charge in [-0.2, -0.15) is 0 Å². The van der Waals surface area contributed by atoms with Gasteiger partial charge in [-0.3, -0.25) is 4.79 Å². The first-order chi connectivity index (χ1) is 14.4. The van der Waals surface area contributed by atoms with Gasteiger partial charge in [0.2, 0.25) is 0 Å². The Labute approximate surface area is 199 Å². The van der Waals surface area contributed by atoms with Crippen molar-refractivity contribution in [2.24, 2.45) is 34.5 Å². The van der Waals surface area contributed by atoms with Crippen molar-refractivity contribution in [2.45, 2.75) is 97.0 Å². The lowest BCUT2D eigenvalue weighted by atomic mass is 9.47. The highest BCUT2D eigenvalue weighted by Gasteiger charge is 2.58. The highest BCUT2D eigenvalue weighted by molar-refractivity contribution is 14.2. The van der Waals surface area contributed by atoms with Crippen LogP contribution >= 0.6 is 30.4 Å². The van der Waals surface area contributed by atoms with Crippen LogP contribution in [0.3, 0.4) is 0 Å². The summed E-state index contributed by atoms with van der Waals surface area (Å²) >= 11 is 2.26. The number of allylic oxidation sites excluding steroid dienone is 1. The van der Waals surface area contributed by atoms with E-state index in [0.29, 0.717) is 23.4 Å². The van der Waals surface area contributed by atoms with E-state index in [-0.39, 0.29) is 5.97 Å². The van der Waals surface area contributed by atoms with Gasteiger partial charge in [0.15, 0.2) is 0 Å². The van der Waals surface area contributed by atoms with Crippen molar-refractivity contribution >= 4 is 36.4 Å². The highest BCUT2D eigenvalue weighted by atomic mass is 127. The van der Waals surface area contributed by atoms with E-state index in [1.807, 2.05) is 0 Å². The molecule has 0 heterocycles. The second-order valence-electron chi connectivity index (χ2n) is 10.9. The zero-order valence-electron chi connectivity index (χ0n) is 19.0. The van der Waals surface area contributed by atoms with Crippen LogP contribution in [0.2, 0.25) is 0 Å². The first-order valence-corrected chi connectivity index (χ1v) is 15.4. The molecule has 0 N–H and O–H groups in total. The molecule has 5 heteroatoms. The van der Waals surface area contributed by atoms with Crippen LogP contribution in [-0.2, 0) is 13.7 Å². The molecule has 4 aliphatic rings. The number of carbonyl (C=O) groups excluding carboxylic acids is 1. The molecule has 0 radical (unpaired) electrons. The summed E-state index contributed by atoms with van der Waals surface area (Å²) in [7, 11) is 3.01. The van der Waals surface area contributed by atoms with Crippen molar-refractivity contribution < 1.29 is 13.7 Å². The molecule has 3 nitrogen and oxygen atoms in total. The molecule has 0 aromatic carbocycles. The van der Waals surface area contributed by atoms with Crippen LogP contribution in [0.1, 0.15) is 90.9 Å². The van der Waals surface area contributed by atoms with Gasteiger partial charge in [0, 0.05) is 27.6 Å². The third kappa shape index (κ3) is 4.25. The number of unbranched alkanes of at least 4 members (excludes halogenated alkanes) is 1. The lowest BCUT2D eigenvalue weighted by Crippen LogP contribution is -2.50. The minimum Gasteiger partial charge on any atom is -0.469 e. The van der Waals surface area contributed by atoms with Gasteiger partial charge in [0.05, 0.1) is 22.4 Å². The van der Waals surface area contributed by atoms with Crippen LogP contribution < -0.4 is 0 Å². The first-order valence-electron chi connectivity index (χ1n) is 12.1. The van der Waals surface area contributed by atoms with Gasteiger partial charge in [-0.15, -0.1) is 0 Å². The second kappa shape index (κ2) is 9.62. The topological polar surface area (TPSA) is 35.5 Å². The fourth-order valence-corrected chi connectivity index (χ4v) is 9.25. The molecule has 4 rings (SSSR count). The average molecular weight is 547 g/mol. The summed E-state index contributed by atoms with van der Waals surface area (Å²) < 4.78 is 10.7. The van der Waals surface area contributed by atoms with Gasteiger partial charge in [-0.1, -0.05) is 31.9 Å². The van der Waals surface area contributed by atoms with E-state index in [0.717, 1.165) is 36.5 Å². The highest BCUT2D eigenvalue weighted by Crippen LogP contribution is 2.66. The maximum absolute atomic E-state index is 11.4. The molecular formula is C25H39IO3S. The van der Waals surface area contributed by atoms with Crippen molar-refractivity contribution in [1.82, 2.24) is 0 Å². The van der Waals surface area contributed by atoms with Crippen molar-refractivity contribution in [3.8, 4) is 0 Å². The third-order valence-corrected chi connectivity index (χ3v) is 10.8. The fourth-order valence-electron chi connectivity index (χ4n) is 8.11. The van der Waals surface area contributed by atoms with E-state index in [9.17, 15) is 4.79 Å². The number of hydrogen-bond acceptors (Lipinski definition) is 4. The molecule has 0 amide bonds. The Balaban J connectivity index is 1.41. The summed E-state index contributed by atoms with van der Waals surface area (Å²) in [6.45, 7) is 5.21. The van der Waals surface area contributed by atoms with E-state index in [1.54, 1.807) is 5.57 Å². The van der Waals surface area contributed by atoms with Gasteiger partial charge >= 0.3 is 5.97 Å². The van der Waals surface area contributed by atoms with Crippen molar-refractivity contribution in [2.75, 3.05) is 7.11 Å². The smallest absolute Gasteiger partial charge is 0.305 e. The van der Waals surface area contributed by atoms with E-state index in [2.05, 4.69) is 41.1 Å². The molecule has 3 saturated carbocycles. The molecule has 0 aromatic rings. The molecule has 6 unspecified atom stereocenters. The van der Waals surface area contributed by atoms with Gasteiger partial charge < -0.3 is 8.92 Å². The van der Waals surface area contributed by atoms with Gasteiger partial charge in [-0.25, -0.2) is 0 Å². The summed E-state index contributed by atoms with van der Waals surface area (Å²) in [5.74, 6) is 3.46. The molecule has 0 aliphatic heterocycles. The molecule has 4 aliphatic carbocycles. The molecule has 0 aromatic heterocycles. The number of ether oxygens (including phenoxy) is 1. The van der Waals surface area contributed by atoms with Crippen LogP contribution in [0, 0.1) is 34.5 Å². The number of hydrogen-bond donors (Lipinski definition) is 0. The molecule has 0 spiro atoms. The largest absolute Gasteiger partial charge is 0.469 e. The van der Waals surface area contributed by atoms with E-state index < -0.39 is 0 Å². The summed E-state index contributed by atoms with van der Waals surface area (Å²) in [5.41, 5.74) is 2.65. The molecule has 0 saturated heterocycles. The summed E-state index contributed by atoms with van der Waals surface area (Å²) in [6.07, 6.45) is 17.7. The average Bonchev–Trinajstić information content (AvgIpc) is 3.07. The predicted octanol–water partition coefficient (Wildman–Crippen LogP) is 7.68. The standard InChI is InChI=1S/C25H39IO3S/c1-24-15-13-22-20(10-8-18-16-19(29-30-26)12-14-25(18,22)2)21(24)11-9-17(24)6-4-5-7-23(27)28-3/h8,17,19-22H,4-7,9-16H2,1-3H3/t17?,19?,20?,21?,22?,24?,25-/m0/s1. The van der Waals surface area contributed by atoms with Crippen molar-refractivity contribution in [1.29, 1.82) is 0 Å². The quantitative estimate of drug-likeness (QED) is 0.108. The Morgan fingerprint density at radius 1 is 1.17 bits per heavy atom. The molecule has 7 atom stereocenters. The van der Waals surface area contributed by atoms with Crippen LogP contribution in [0.25, 0.3) is 0 Å². The number of carbonyl (C=O) groups is 1. The number of fused-ring (bicyclic) bond motifs is 5. The SMILES string of the molecule is COC(=O)CCCCC1CCC2C3CC=C4CC(OSI)CC[C@]4(C)C3CCC12C. The third-order valence-electron chi connectivity index (χ3n) is 9.84. The Bertz CT molecular complexity index is 667. The minimum atomic E-state index is -0.0544. The Hall–Kier alpha value is 0.250. The fraction of sp³-hybridized carbons (Fsp3) is 0.880. The molecule has 170 valence electrons. The van der Waals surface area contributed by atoms with Crippen molar-refractivity contribution in [3.63, 3.8) is 0 Å². The number of rotatable bonds is 7. The number of methoxy groups -OCH3 is 1. The van der Waals surface area contributed by atoms with Crippen LogP contribution in [0.4, 0.5) is 0 Å².